The maximum Gasteiger partial charge on any atom is 0.408 e. The molecule has 0 saturated heterocycles. The SMILES string of the molecule is COc1c(C)cnc(CSc2nc3cc(OC(=O)C(NC(=O)OCC4c5ccccc5-c5ccccc54)c4ccccc4)ccc3[nH]2)c1C. The highest BCUT2D eigenvalue weighted by molar-refractivity contribution is 7.98. The Morgan fingerprint density at radius 1 is 0.918 bits per heavy atom. The van der Waals surface area contributed by atoms with E-state index in [4.69, 9.17) is 19.2 Å². The average molecular weight is 671 g/mol. The number of aryl methyl sites for hydroxylation is 1. The third-order valence-corrected chi connectivity index (χ3v) is 9.61. The molecule has 49 heavy (non-hydrogen) atoms. The number of esters is 1. The first-order valence-corrected chi connectivity index (χ1v) is 16.9. The van der Waals surface area contributed by atoms with E-state index in [0.717, 1.165) is 50.3 Å². The van der Waals surface area contributed by atoms with Crippen molar-refractivity contribution in [2.45, 2.75) is 36.7 Å². The lowest BCUT2D eigenvalue weighted by Crippen LogP contribution is -2.37. The van der Waals surface area contributed by atoms with Crippen molar-refractivity contribution in [3.05, 3.63) is 137 Å². The number of methoxy groups -OCH3 is 1. The Hall–Kier alpha value is -5.61. The normalized spacial score (nSPS) is 12.6. The number of alkyl carbamates (subject to hydrolysis) is 1. The van der Waals surface area contributed by atoms with Crippen LogP contribution >= 0.6 is 11.8 Å². The number of benzene rings is 4. The van der Waals surface area contributed by atoms with Crippen LogP contribution in [0.3, 0.4) is 0 Å². The maximum absolute atomic E-state index is 13.6. The second-order valence-corrected chi connectivity index (χ2v) is 12.8. The van der Waals surface area contributed by atoms with Gasteiger partial charge in [-0.25, -0.2) is 14.6 Å². The number of rotatable bonds is 10. The molecule has 4 aromatic carbocycles. The molecule has 1 atom stereocenters. The van der Waals surface area contributed by atoms with Crippen molar-refractivity contribution >= 4 is 34.9 Å². The van der Waals surface area contributed by atoms with Gasteiger partial charge in [-0.05, 0) is 53.8 Å². The second kappa shape index (κ2) is 13.9. The van der Waals surface area contributed by atoms with Crippen LogP contribution in [-0.4, -0.2) is 40.7 Å². The lowest BCUT2D eigenvalue weighted by Gasteiger charge is -2.19. The van der Waals surface area contributed by atoms with Crippen molar-refractivity contribution < 1.29 is 23.8 Å². The van der Waals surface area contributed by atoms with E-state index < -0.39 is 18.1 Å². The minimum atomic E-state index is -1.10. The number of thioether (sulfide) groups is 1. The molecule has 1 aliphatic rings. The molecule has 1 amide bonds. The van der Waals surface area contributed by atoms with Gasteiger partial charge in [0, 0.05) is 35.1 Å². The Labute approximate surface area is 288 Å². The summed E-state index contributed by atoms with van der Waals surface area (Å²) in [6, 6.07) is 29.3. The zero-order valence-electron chi connectivity index (χ0n) is 27.2. The number of aromatic amines is 1. The van der Waals surface area contributed by atoms with Crippen LogP contribution in [0.1, 0.15) is 45.5 Å². The summed E-state index contributed by atoms with van der Waals surface area (Å²) < 4.78 is 17.1. The summed E-state index contributed by atoms with van der Waals surface area (Å²) in [5.74, 6) is 0.980. The Balaban J connectivity index is 1.03. The molecule has 9 nitrogen and oxygen atoms in total. The lowest BCUT2D eigenvalue weighted by atomic mass is 9.98. The molecule has 0 radical (unpaired) electrons. The second-order valence-electron chi connectivity index (χ2n) is 11.8. The smallest absolute Gasteiger partial charge is 0.408 e. The van der Waals surface area contributed by atoms with E-state index >= 15 is 0 Å². The number of nitrogens with one attached hydrogen (secondary N) is 2. The topological polar surface area (TPSA) is 115 Å². The van der Waals surface area contributed by atoms with Crippen molar-refractivity contribution in [2.24, 2.45) is 0 Å². The van der Waals surface area contributed by atoms with Crippen LogP contribution in [0.15, 0.2) is 108 Å². The molecule has 246 valence electrons. The minimum absolute atomic E-state index is 0.107. The van der Waals surface area contributed by atoms with Crippen LogP contribution in [0.5, 0.6) is 11.5 Å². The molecule has 0 saturated carbocycles. The highest BCUT2D eigenvalue weighted by atomic mass is 32.2. The van der Waals surface area contributed by atoms with Crippen molar-refractivity contribution in [3.8, 4) is 22.6 Å². The average Bonchev–Trinajstić information content (AvgIpc) is 3.68. The van der Waals surface area contributed by atoms with E-state index in [2.05, 4.69) is 39.6 Å². The number of pyridine rings is 1. The molecule has 1 aliphatic carbocycles. The predicted molar refractivity (Wildman–Crippen MR) is 189 cm³/mol. The molecule has 1 unspecified atom stereocenters. The number of ether oxygens (including phenoxy) is 3. The number of H-pyrrole nitrogens is 1. The van der Waals surface area contributed by atoms with Crippen LogP contribution < -0.4 is 14.8 Å². The summed E-state index contributed by atoms with van der Waals surface area (Å²) in [5, 5.41) is 3.45. The van der Waals surface area contributed by atoms with Gasteiger partial charge in [-0.3, -0.25) is 4.98 Å². The van der Waals surface area contributed by atoms with Gasteiger partial charge in [0.05, 0.1) is 23.8 Å². The maximum atomic E-state index is 13.6. The Kier molecular flexibility index (Phi) is 9.04. The first-order valence-electron chi connectivity index (χ1n) is 15.9. The summed E-state index contributed by atoms with van der Waals surface area (Å²) in [4.78, 5) is 39.4. The van der Waals surface area contributed by atoms with Crippen LogP contribution in [0.2, 0.25) is 0 Å². The van der Waals surface area contributed by atoms with E-state index in [-0.39, 0.29) is 12.5 Å². The summed E-state index contributed by atoms with van der Waals surface area (Å²) in [5.41, 5.74) is 9.39. The molecule has 7 rings (SSSR count). The molecule has 10 heteroatoms. The monoisotopic (exact) mass is 670 g/mol. The molecule has 0 spiro atoms. The number of imidazole rings is 1. The fourth-order valence-electron chi connectivity index (χ4n) is 6.30. The third kappa shape index (κ3) is 6.60. The summed E-state index contributed by atoms with van der Waals surface area (Å²) in [7, 11) is 1.66. The first-order chi connectivity index (χ1) is 23.9. The third-order valence-electron chi connectivity index (χ3n) is 8.72. The summed E-state index contributed by atoms with van der Waals surface area (Å²) in [6.07, 6.45) is 1.10. The molecule has 0 aliphatic heterocycles. The van der Waals surface area contributed by atoms with Gasteiger partial charge in [-0.1, -0.05) is 90.6 Å². The summed E-state index contributed by atoms with van der Waals surface area (Å²) in [6.45, 7) is 4.09. The molecule has 2 aromatic heterocycles. The Morgan fingerprint density at radius 2 is 1.61 bits per heavy atom. The van der Waals surface area contributed by atoms with Crippen LogP contribution in [0.25, 0.3) is 22.2 Å². The molecule has 2 heterocycles. The number of nitrogens with zero attached hydrogens (tertiary/aromatic N) is 2. The van der Waals surface area contributed by atoms with Gasteiger partial charge in [0.15, 0.2) is 11.2 Å². The van der Waals surface area contributed by atoms with E-state index in [1.807, 2.05) is 56.4 Å². The van der Waals surface area contributed by atoms with Gasteiger partial charge >= 0.3 is 12.1 Å². The number of fused-ring (bicyclic) bond motifs is 4. The van der Waals surface area contributed by atoms with Crippen LogP contribution in [0.4, 0.5) is 4.79 Å². The number of aromatic nitrogens is 3. The van der Waals surface area contributed by atoms with Crippen LogP contribution in [0, 0.1) is 13.8 Å². The van der Waals surface area contributed by atoms with Crippen molar-refractivity contribution in [2.75, 3.05) is 13.7 Å². The van der Waals surface area contributed by atoms with Gasteiger partial charge in [-0.2, -0.15) is 0 Å². The number of hydrogen-bond acceptors (Lipinski definition) is 8. The number of hydrogen-bond donors (Lipinski definition) is 2. The van der Waals surface area contributed by atoms with Crippen LogP contribution in [-0.2, 0) is 15.3 Å². The number of carbonyl (C=O) groups is 2. The zero-order chi connectivity index (χ0) is 33.9. The highest BCUT2D eigenvalue weighted by Gasteiger charge is 2.31. The standard InChI is InChI=1S/C39H34N4O5S/c1-23-20-40-34(24(2)36(23)46-3)22-49-38-41-32-18-17-26(19-33(32)42-38)48-37(44)35(25-11-5-4-6-12-25)43-39(45)47-21-31-29-15-9-7-13-27(29)28-14-8-10-16-30(28)31/h4-20,31,35H,21-22H2,1-3H3,(H,41,42)(H,43,45). The van der Waals surface area contributed by atoms with E-state index in [1.54, 1.807) is 43.5 Å². The Morgan fingerprint density at radius 3 is 2.33 bits per heavy atom. The highest BCUT2D eigenvalue weighted by Crippen LogP contribution is 2.44. The zero-order valence-corrected chi connectivity index (χ0v) is 28.0. The Bertz CT molecular complexity index is 2120. The van der Waals surface area contributed by atoms with Crippen molar-refractivity contribution in [3.63, 3.8) is 0 Å². The predicted octanol–water partition coefficient (Wildman–Crippen LogP) is 8.06. The summed E-state index contributed by atoms with van der Waals surface area (Å²) >= 11 is 1.52. The van der Waals surface area contributed by atoms with Gasteiger partial charge < -0.3 is 24.5 Å². The first kappa shape index (κ1) is 32.0. The van der Waals surface area contributed by atoms with E-state index in [9.17, 15) is 9.59 Å². The molecule has 0 bridgehead atoms. The van der Waals surface area contributed by atoms with Crippen molar-refractivity contribution in [1.29, 1.82) is 0 Å². The largest absolute Gasteiger partial charge is 0.496 e. The lowest BCUT2D eigenvalue weighted by molar-refractivity contribution is -0.136. The molecular formula is C39H34N4O5S. The fraction of sp³-hybridized carbons (Fsp3) is 0.179. The fourth-order valence-corrected chi connectivity index (χ4v) is 7.21. The number of carbonyl (C=O) groups excluding carboxylic acids is 2. The van der Waals surface area contributed by atoms with E-state index in [1.165, 1.54) is 11.8 Å². The molecule has 2 N–H and O–H groups in total. The quantitative estimate of drug-likeness (QED) is 0.0855. The van der Waals surface area contributed by atoms with Gasteiger partial charge in [0.1, 0.15) is 18.1 Å². The van der Waals surface area contributed by atoms with Crippen molar-refractivity contribution in [1.82, 2.24) is 20.3 Å². The number of amides is 1. The van der Waals surface area contributed by atoms with Gasteiger partial charge in [-0.15, -0.1) is 0 Å². The van der Waals surface area contributed by atoms with Gasteiger partial charge in [0.2, 0.25) is 0 Å². The molecule has 0 fully saturated rings. The molecular weight excluding hydrogens is 637 g/mol. The van der Waals surface area contributed by atoms with E-state index in [0.29, 0.717) is 27.7 Å². The minimum Gasteiger partial charge on any atom is -0.496 e. The van der Waals surface area contributed by atoms with Gasteiger partial charge in [0.25, 0.3) is 0 Å². The molecule has 6 aromatic rings.